The first-order valence-electron chi connectivity index (χ1n) is 4.03. The zero-order valence-electron chi connectivity index (χ0n) is 7.31. The van der Waals surface area contributed by atoms with Crippen LogP contribution in [0.3, 0.4) is 0 Å². The minimum absolute atomic E-state index is 0.646. The highest BCUT2D eigenvalue weighted by molar-refractivity contribution is 7.83. The number of nitrogens with one attached hydrogen (secondary N) is 1. The summed E-state index contributed by atoms with van der Waals surface area (Å²) >= 11 is 0. The topological polar surface area (TPSA) is 68.0 Å². The molecule has 1 heterocycles. The van der Waals surface area contributed by atoms with Crippen LogP contribution in [0.5, 0.6) is 0 Å². The van der Waals surface area contributed by atoms with Crippen molar-refractivity contribution in [1.29, 1.82) is 0 Å². The predicted octanol–water partition coefficient (Wildman–Crippen LogP) is 0.721. The van der Waals surface area contributed by atoms with E-state index >= 15 is 0 Å². The maximum absolute atomic E-state index is 11.3. The van der Waals surface area contributed by atoms with E-state index in [2.05, 4.69) is 9.82 Å². The lowest BCUT2D eigenvalue weighted by Gasteiger charge is -2.01. The highest BCUT2D eigenvalue weighted by Gasteiger charge is 2.01. The number of fused-ring (bicyclic) bond motifs is 1. The summed E-state index contributed by atoms with van der Waals surface area (Å²) in [4.78, 5) is 6.83. The van der Waals surface area contributed by atoms with E-state index in [1.807, 2.05) is 12.1 Å². The van der Waals surface area contributed by atoms with Gasteiger partial charge in [0.05, 0.1) is 4.90 Å². The lowest BCUT2D eigenvalue weighted by molar-refractivity contribution is 0.675. The SMILES string of the molecule is NNS(=O)c1ccc2ccncc2c1. The van der Waals surface area contributed by atoms with Crippen LogP contribution in [0.1, 0.15) is 0 Å². The smallest absolute Gasteiger partial charge is 0.138 e. The number of aromatic nitrogens is 1. The van der Waals surface area contributed by atoms with Crippen molar-refractivity contribution in [2.24, 2.45) is 5.84 Å². The Morgan fingerprint density at radius 3 is 2.93 bits per heavy atom. The minimum Gasteiger partial charge on any atom is -0.264 e. The lowest BCUT2D eigenvalue weighted by Crippen LogP contribution is -2.24. The molecule has 2 aromatic rings. The molecule has 0 saturated carbocycles. The van der Waals surface area contributed by atoms with Gasteiger partial charge in [0.25, 0.3) is 0 Å². The van der Waals surface area contributed by atoms with Gasteiger partial charge in [0, 0.05) is 17.8 Å². The van der Waals surface area contributed by atoms with E-state index in [-0.39, 0.29) is 0 Å². The summed E-state index contributed by atoms with van der Waals surface area (Å²) in [5.74, 6) is 5.08. The number of nitrogens with zero attached hydrogens (tertiary/aromatic N) is 1. The Balaban J connectivity index is 2.56. The van der Waals surface area contributed by atoms with Crippen LogP contribution < -0.4 is 10.7 Å². The third-order valence-electron chi connectivity index (χ3n) is 1.93. The maximum Gasteiger partial charge on any atom is 0.138 e. The second-order valence-corrected chi connectivity index (χ2v) is 4.02. The van der Waals surface area contributed by atoms with Gasteiger partial charge in [-0.25, -0.2) is 4.21 Å². The molecule has 2 rings (SSSR count). The van der Waals surface area contributed by atoms with Gasteiger partial charge in [-0.2, -0.15) is 4.83 Å². The molecular weight excluding hydrogens is 198 g/mol. The number of nitrogens with two attached hydrogens (primary N) is 1. The number of benzene rings is 1. The Bertz CT molecular complexity index is 486. The summed E-state index contributed by atoms with van der Waals surface area (Å²) in [5, 5.41) is 2.02. The van der Waals surface area contributed by atoms with Crippen molar-refractivity contribution in [3.8, 4) is 0 Å². The summed E-state index contributed by atoms with van der Waals surface area (Å²) in [7, 11) is -1.35. The zero-order valence-corrected chi connectivity index (χ0v) is 8.12. The Morgan fingerprint density at radius 2 is 2.14 bits per heavy atom. The van der Waals surface area contributed by atoms with E-state index in [4.69, 9.17) is 5.84 Å². The molecule has 1 aromatic heterocycles. The summed E-state index contributed by atoms with van der Waals surface area (Å²) in [6, 6.07) is 7.37. The Morgan fingerprint density at radius 1 is 1.29 bits per heavy atom. The molecule has 5 heteroatoms. The van der Waals surface area contributed by atoms with Crippen LogP contribution >= 0.6 is 0 Å². The molecule has 1 atom stereocenters. The summed E-state index contributed by atoms with van der Waals surface area (Å²) in [6.45, 7) is 0. The van der Waals surface area contributed by atoms with Crippen molar-refractivity contribution in [1.82, 2.24) is 9.82 Å². The van der Waals surface area contributed by atoms with E-state index in [0.717, 1.165) is 10.8 Å². The van der Waals surface area contributed by atoms with Gasteiger partial charge in [0.1, 0.15) is 11.0 Å². The van der Waals surface area contributed by atoms with Crippen molar-refractivity contribution in [2.75, 3.05) is 0 Å². The van der Waals surface area contributed by atoms with Crippen molar-refractivity contribution in [2.45, 2.75) is 4.90 Å². The third kappa shape index (κ3) is 1.65. The quantitative estimate of drug-likeness (QED) is 0.563. The molecule has 0 aliphatic heterocycles. The van der Waals surface area contributed by atoms with Gasteiger partial charge in [0.15, 0.2) is 0 Å². The predicted molar refractivity (Wildman–Crippen MR) is 55.5 cm³/mol. The van der Waals surface area contributed by atoms with Crippen molar-refractivity contribution >= 4 is 21.8 Å². The summed E-state index contributed by atoms with van der Waals surface area (Å²) in [5.41, 5.74) is 0. The fourth-order valence-electron chi connectivity index (χ4n) is 1.25. The molecule has 0 bridgehead atoms. The van der Waals surface area contributed by atoms with Crippen LogP contribution in [0.15, 0.2) is 41.6 Å². The first-order valence-corrected chi connectivity index (χ1v) is 5.18. The van der Waals surface area contributed by atoms with Gasteiger partial charge in [-0.05, 0) is 23.6 Å². The maximum atomic E-state index is 11.3. The van der Waals surface area contributed by atoms with Gasteiger partial charge in [-0.3, -0.25) is 10.8 Å². The van der Waals surface area contributed by atoms with Gasteiger partial charge < -0.3 is 0 Å². The monoisotopic (exact) mass is 207 g/mol. The second-order valence-electron chi connectivity index (χ2n) is 2.77. The molecule has 1 unspecified atom stereocenters. The van der Waals surface area contributed by atoms with Crippen LogP contribution in [0.25, 0.3) is 10.8 Å². The number of hydrogen-bond acceptors (Lipinski definition) is 3. The summed E-state index contributed by atoms with van der Waals surface area (Å²) in [6.07, 6.45) is 3.45. The van der Waals surface area contributed by atoms with Crippen molar-refractivity contribution in [3.63, 3.8) is 0 Å². The molecule has 0 saturated heterocycles. The largest absolute Gasteiger partial charge is 0.264 e. The van der Waals surface area contributed by atoms with Crippen LogP contribution in [0.4, 0.5) is 0 Å². The van der Waals surface area contributed by atoms with Crippen LogP contribution in [-0.2, 0) is 11.0 Å². The molecule has 0 fully saturated rings. The average Bonchev–Trinajstić information content (AvgIpc) is 2.27. The molecular formula is C9H9N3OS. The first kappa shape index (κ1) is 9.26. The number of rotatable bonds is 2. The van der Waals surface area contributed by atoms with E-state index in [0.29, 0.717) is 4.90 Å². The molecule has 4 nitrogen and oxygen atoms in total. The Kier molecular flexibility index (Phi) is 2.53. The second kappa shape index (κ2) is 3.83. The fraction of sp³-hybridized carbons (Fsp3) is 0. The van der Waals surface area contributed by atoms with E-state index in [1.165, 1.54) is 0 Å². The third-order valence-corrected chi connectivity index (χ3v) is 2.83. The fourth-order valence-corrected chi connectivity index (χ4v) is 1.81. The van der Waals surface area contributed by atoms with Gasteiger partial charge >= 0.3 is 0 Å². The molecule has 0 spiro atoms. The normalized spacial score (nSPS) is 12.9. The van der Waals surface area contributed by atoms with Gasteiger partial charge in [0.2, 0.25) is 0 Å². The number of hydrazine groups is 1. The lowest BCUT2D eigenvalue weighted by atomic mass is 10.2. The van der Waals surface area contributed by atoms with Crippen molar-refractivity contribution in [3.05, 3.63) is 36.7 Å². The molecule has 0 radical (unpaired) electrons. The molecule has 3 N–H and O–H groups in total. The highest BCUT2D eigenvalue weighted by Crippen LogP contribution is 2.15. The zero-order chi connectivity index (χ0) is 9.97. The number of pyridine rings is 1. The molecule has 14 heavy (non-hydrogen) atoms. The van der Waals surface area contributed by atoms with E-state index < -0.39 is 11.0 Å². The van der Waals surface area contributed by atoms with Crippen molar-refractivity contribution < 1.29 is 4.21 Å². The van der Waals surface area contributed by atoms with E-state index in [1.54, 1.807) is 24.5 Å². The van der Waals surface area contributed by atoms with Gasteiger partial charge in [-0.15, -0.1) is 0 Å². The highest BCUT2D eigenvalue weighted by atomic mass is 32.2. The molecule has 0 amide bonds. The first-order chi connectivity index (χ1) is 6.81. The number of hydrogen-bond donors (Lipinski definition) is 2. The molecule has 1 aromatic carbocycles. The van der Waals surface area contributed by atoms with E-state index in [9.17, 15) is 4.21 Å². The molecule has 0 aliphatic rings. The molecule has 72 valence electrons. The van der Waals surface area contributed by atoms with Gasteiger partial charge in [-0.1, -0.05) is 6.07 Å². The summed E-state index contributed by atoms with van der Waals surface area (Å²) < 4.78 is 11.3. The van der Waals surface area contributed by atoms with Crippen LogP contribution in [0, 0.1) is 0 Å². The Labute approximate surface area is 83.7 Å². The Hall–Kier alpha value is -1.30. The van der Waals surface area contributed by atoms with Crippen LogP contribution in [0.2, 0.25) is 0 Å². The average molecular weight is 207 g/mol. The minimum atomic E-state index is -1.35. The molecule has 0 aliphatic carbocycles. The van der Waals surface area contributed by atoms with Crippen LogP contribution in [-0.4, -0.2) is 9.19 Å². The standard InChI is InChI=1S/C9H9N3OS/c10-12-14(13)9-2-1-7-3-4-11-6-8(7)5-9/h1-6,12H,10H2.